The zero-order valence-corrected chi connectivity index (χ0v) is 9.45. The Morgan fingerprint density at radius 1 is 1.47 bits per heavy atom. The van der Waals surface area contributed by atoms with Crippen molar-refractivity contribution in [1.29, 1.82) is 0 Å². The van der Waals surface area contributed by atoms with E-state index < -0.39 is 5.97 Å². The van der Waals surface area contributed by atoms with Crippen molar-refractivity contribution >= 4 is 11.9 Å². The van der Waals surface area contributed by atoms with Crippen molar-refractivity contribution in [3.8, 4) is 5.75 Å². The first kappa shape index (κ1) is 11.4. The summed E-state index contributed by atoms with van der Waals surface area (Å²) in [6.45, 7) is 0.570. The van der Waals surface area contributed by atoms with E-state index >= 15 is 0 Å². The average Bonchev–Trinajstić information content (AvgIpc) is 2.51. The van der Waals surface area contributed by atoms with E-state index in [9.17, 15) is 14.7 Å². The summed E-state index contributed by atoms with van der Waals surface area (Å²) in [5, 5.41) is 12.5. The number of esters is 1. The van der Waals surface area contributed by atoms with E-state index in [0.717, 1.165) is 6.42 Å². The summed E-state index contributed by atoms with van der Waals surface area (Å²) in [6, 6.07) is 2.80. The first-order valence-electron chi connectivity index (χ1n) is 5.36. The van der Waals surface area contributed by atoms with Crippen LogP contribution in [0.4, 0.5) is 0 Å². The van der Waals surface area contributed by atoms with Crippen LogP contribution in [0.5, 0.6) is 5.75 Å². The number of fused-ring (bicyclic) bond motifs is 1. The molecule has 1 aromatic carbocycles. The number of hydrogen-bond donors (Lipinski definition) is 2. The molecule has 0 bridgehead atoms. The topological polar surface area (TPSA) is 75.6 Å². The molecule has 1 aliphatic heterocycles. The maximum Gasteiger partial charge on any atom is 0.338 e. The minimum atomic E-state index is -0.569. The maximum atomic E-state index is 11.7. The van der Waals surface area contributed by atoms with Crippen LogP contribution in [0.1, 0.15) is 32.7 Å². The summed E-state index contributed by atoms with van der Waals surface area (Å²) in [5.41, 5.74) is 1.12. The molecule has 1 heterocycles. The number of rotatable bonds is 1. The summed E-state index contributed by atoms with van der Waals surface area (Å²) in [6.07, 6.45) is 1.38. The van der Waals surface area contributed by atoms with E-state index in [1.54, 1.807) is 0 Å². The lowest BCUT2D eigenvalue weighted by Gasteiger charge is -2.09. The van der Waals surface area contributed by atoms with Crippen molar-refractivity contribution in [2.45, 2.75) is 12.8 Å². The molecule has 1 aromatic rings. The van der Waals surface area contributed by atoms with Crippen LogP contribution in [0.3, 0.4) is 0 Å². The number of hydrogen-bond acceptors (Lipinski definition) is 4. The van der Waals surface area contributed by atoms with Crippen molar-refractivity contribution in [2.75, 3.05) is 13.7 Å². The number of nitrogens with one attached hydrogen (secondary N) is 1. The molecule has 0 saturated heterocycles. The van der Waals surface area contributed by atoms with Crippen LogP contribution in [-0.2, 0) is 11.2 Å². The zero-order chi connectivity index (χ0) is 12.4. The number of carbonyl (C=O) groups excluding carboxylic acids is 2. The number of amides is 1. The van der Waals surface area contributed by atoms with Gasteiger partial charge in [0.1, 0.15) is 5.75 Å². The minimum absolute atomic E-state index is 0.0278. The standard InChI is InChI=1S/C12H13NO4/c1-17-12(16)7-5-9-8(10(14)6-7)3-2-4-13-11(9)15/h5-6,14H,2-4H2,1H3,(H,13,15). The second-order valence-electron chi connectivity index (χ2n) is 3.87. The SMILES string of the molecule is COC(=O)c1cc(O)c2c(c1)C(=O)NCCC2. The van der Waals surface area contributed by atoms with Gasteiger partial charge in [-0.1, -0.05) is 0 Å². The monoisotopic (exact) mass is 235 g/mol. The Balaban J connectivity index is 2.54. The third kappa shape index (κ3) is 2.08. The summed E-state index contributed by atoms with van der Waals surface area (Å²) in [5.74, 6) is -0.862. The lowest BCUT2D eigenvalue weighted by Crippen LogP contribution is -2.23. The van der Waals surface area contributed by atoms with Gasteiger partial charge in [0.25, 0.3) is 5.91 Å². The summed E-state index contributed by atoms with van der Waals surface area (Å²) >= 11 is 0. The number of aromatic hydroxyl groups is 1. The fourth-order valence-electron chi connectivity index (χ4n) is 1.92. The van der Waals surface area contributed by atoms with Gasteiger partial charge in [0.15, 0.2) is 0 Å². The number of carbonyl (C=O) groups is 2. The molecule has 0 aliphatic carbocycles. The first-order chi connectivity index (χ1) is 8.13. The van der Waals surface area contributed by atoms with E-state index in [4.69, 9.17) is 0 Å². The highest BCUT2D eigenvalue weighted by atomic mass is 16.5. The largest absolute Gasteiger partial charge is 0.508 e. The Morgan fingerprint density at radius 2 is 2.24 bits per heavy atom. The molecule has 17 heavy (non-hydrogen) atoms. The van der Waals surface area contributed by atoms with Gasteiger partial charge in [0.05, 0.1) is 12.7 Å². The lowest BCUT2D eigenvalue weighted by molar-refractivity contribution is 0.0600. The molecular weight excluding hydrogens is 222 g/mol. The molecule has 90 valence electrons. The van der Waals surface area contributed by atoms with Crippen molar-refractivity contribution in [2.24, 2.45) is 0 Å². The van der Waals surface area contributed by atoms with Crippen LogP contribution in [0, 0.1) is 0 Å². The van der Waals surface area contributed by atoms with Gasteiger partial charge in [-0.3, -0.25) is 4.79 Å². The Morgan fingerprint density at radius 3 is 2.94 bits per heavy atom. The van der Waals surface area contributed by atoms with Crippen LogP contribution in [0.25, 0.3) is 0 Å². The third-order valence-corrected chi connectivity index (χ3v) is 2.78. The number of ether oxygens (including phenoxy) is 1. The molecule has 5 nitrogen and oxygen atoms in total. The summed E-state index contributed by atoms with van der Waals surface area (Å²) < 4.78 is 4.57. The molecule has 0 unspecified atom stereocenters. The third-order valence-electron chi connectivity index (χ3n) is 2.78. The second kappa shape index (κ2) is 4.45. The van der Waals surface area contributed by atoms with E-state index in [1.807, 2.05) is 0 Å². The molecule has 0 fully saturated rings. The average molecular weight is 235 g/mol. The number of benzene rings is 1. The van der Waals surface area contributed by atoms with Gasteiger partial charge in [-0.05, 0) is 25.0 Å². The van der Waals surface area contributed by atoms with Crippen LogP contribution >= 0.6 is 0 Å². The summed E-state index contributed by atoms with van der Waals surface area (Å²) in [4.78, 5) is 23.1. The van der Waals surface area contributed by atoms with Crippen molar-refractivity contribution in [1.82, 2.24) is 5.32 Å². The van der Waals surface area contributed by atoms with Gasteiger partial charge in [0.2, 0.25) is 0 Å². The number of methoxy groups -OCH3 is 1. The van der Waals surface area contributed by atoms with E-state index in [1.165, 1.54) is 19.2 Å². The molecule has 0 aromatic heterocycles. The van der Waals surface area contributed by atoms with E-state index in [0.29, 0.717) is 24.1 Å². The Kier molecular flexibility index (Phi) is 2.99. The fourth-order valence-corrected chi connectivity index (χ4v) is 1.92. The highest BCUT2D eigenvalue weighted by Crippen LogP contribution is 2.26. The zero-order valence-electron chi connectivity index (χ0n) is 9.45. The lowest BCUT2D eigenvalue weighted by atomic mass is 9.99. The predicted molar refractivity (Wildman–Crippen MR) is 60.1 cm³/mol. The Labute approximate surface area is 98.4 Å². The predicted octanol–water partition coefficient (Wildman–Crippen LogP) is 0.855. The molecule has 2 N–H and O–H groups in total. The molecule has 0 spiro atoms. The van der Waals surface area contributed by atoms with Crippen LogP contribution < -0.4 is 5.32 Å². The molecule has 0 saturated carbocycles. The van der Waals surface area contributed by atoms with Gasteiger partial charge in [-0.2, -0.15) is 0 Å². The summed E-state index contributed by atoms with van der Waals surface area (Å²) in [7, 11) is 1.26. The molecular formula is C12H13NO4. The normalized spacial score (nSPS) is 14.5. The van der Waals surface area contributed by atoms with Gasteiger partial charge in [0, 0.05) is 17.7 Å². The van der Waals surface area contributed by atoms with Gasteiger partial charge >= 0.3 is 5.97 Å². The smallest absolute Gasteiger partial charge is 0.338 e. The molecule has 0 atom stereocenters. The quantitative estimate of drug-likeness (QED) is 0.708. The molecule has 2 rings (SSSR count). The number of phenolic OH excluding ortho intramolecular Hbond substituents is 1. The molecule has 0 radical (unpaired) electrons. The number of phenols is 1. The first-order valence-corrected chi connectivity index (χ1v) is 5.36. The van der Waals surface area contributed by atoms with Crippen molar-refractivity contribution < 1.29 is 19.4 Å². The molecule has 1 amide bonds. The fraction of sp³-hybridized carbons (Fsp3) is 0.333. The highest BCUT2D eigenvalue weighted by molar-refractivity contribution is 6.00. The second-order valence-corrected chi connectivity index (χ2v) is 3.87. The van der Waals surface area contributed by atoms with Gasteiger partial charge in [-0.25, -0.2) is 4.79 Å². The Hall–Kier alpha value is -2.04. The van der Waals surface area contributed by atoms with Crippen molar-refractivity contribution in [3.05, 3.63) is 28.8 Å². The van der Waals surface area contributed by atoms with E-state index in [-0.39, 0.29) is 17.2 Å². The highest BCUT2D eigenvalue weighted by Gasteiger charge is 2.21. The van der Waals surface area contributed by atoms with Crippen molar-refractivity contribution in [3.63, 3.8) is 0 Å². The Bertz CT molecular complexity index is 482. The van der Waals surface area contributed by atoms with Crippen LogP contribution in [0.2, 0.25) is 0 Å². The van der Waals surface area contributed by atoms with Gasteiger partial charge in [-0.15, -0.1) is 0 Å². The minimum Gasteiger partial charge on any atom is -0.508 e. The molecule has 5 heteroatoms. The van der Waals surface area contributed by atoms with E-state index in [2.05, 4.69) is 10.1 Å². The molecule has 1 aliphatic rings. The van der Waals surface area contributed by atoms with Gasteiger partial charge < -0.3 is 15.2 Å². The van der Waals surface area contributed by atoms with Crippen LogP contribution in [-0.4, -0.2) is 30.6 Å². The van der Waals surface area contributed by atoms with Crippen LogP contribution in [0.15, 0.2) is 12.1 Å². The maximum absolute atomic E-state index is 11.7.